The van der Waals surface area contributed by atoms with Crippen LogP contribution in [-0.2, 0) is 0 Å². The Hall–Kier alpha value is -3.74. The van der Waals surface area contributed by atoms with Gasteiger partial charge in [-0.1, -0.05) is 6.07 Å². The molecule has 0 atom stereocenters. The van der Waals surface area contributed by atoms with Gasteiger partial charge in [-0.15, -0.1) is 0 Å². The Kier molecular flexibility index (Phi) is 4.20. The molecule has 0 saturated heterocycles. The highest BCUT2D eigenvalue weighted by molar-refractivity contribution is 6.12. The summed E-state index contributed by atoms with van der Waals surface area (Å²) in [4.78, 5) is 22.2. The zero-order chi connectivity index (χ0) is 19.8. The fourth-order valence-electron chi connectivity index (χ4n) is 3.35. The molecule has 0 aliphatic heterocycles. The van der Waals surface area contributed by atoms with Crippen molar-refractivity contribution >= 4 is 22.6 Å². The summed E-state index contributed by atoms with van der Waals surface area (Å²) in [5, 5.41) is 10.8. The minimum absolute atomic E-state index is 0.230. The van der Waals surface area contributed by atoms with E-state index in [9.17, 15) is 4.79 Å². The first-order chi connectivity index (χ1) is 14.2. The SMILES string of the molecule is COc1ccc2nc(C3CC3)cc(C(=O)Nc3cc(-c4ccccn4)[nH]n3)c2c1. The number of aromatic nitrogens is 4. The summed E-state index contributed by atoms with van der Waals surface area (Å²) >= 11 is 0. The minimum Gasteiger partial charge on any atom is -0.497 e. The average Bonchev–Trinajstić information content (AvgIpc) is 3.52. The predicted octanol–water partition coefficient (Wildman–Crippen LogP) is 4.16. The number of carbonyl (C=O) groups excluding carboxylic acids is 1. The largest absolute Gasteiger partial charge is 0.497 e. The Balaban J connectivity index is 1.49. The maximum atomic E-state index is 13.1. The Morgan fingerprint density at radius 2 is 2.07 bits per heavy atom. The number of pyridine rings is 2. The number of hydrogen-bond acceptors (Lipinski definition) is 5. The van der Waals surface area contributed by atoms with Crippen LogP contribution in [0.2, 0.25) is 0 Å². The number of nitrogens with zero attached hydrogens (tertiary/aromatic N) is 3. The van der Waals surface area contributed by atoms with Crippen LogP contribution in [0.1, 0.15) is 34.8 Å². The number of anilines is 1. The molecule has 29 heavy (non-hydrogen) atoms. The van der Waals surface area contributed by atoms with E-state index in [0.29, 0.717) is 23.0 Å². The molecule has 1 saturated carbocycles. The second-order valence-electron chi connectivity index (χ2n) is 7.09. The lowest BCUT2D eigenvalue weighted by molar-refractivity contribution is 0.102. The fourth-order valence-corrected chi connectivity index (χ4v) is 3.35. The van der Waals surface area contributed by atoms with E-state index < -0.39 is 0 Å². The third kappa shape index (κ3) is 3.42. The van der Waals surface area contributed by atoms with Crippen molar-refractivity contribution < 1.29 is 9.53 Å². The molecule has 0 unspecified atom stereocenters. The van der Waals surface area contributed by atoms with Gasteiger partial charge in [-0.05, 0) is 49.2 Å². The first kappa shape index (κ1) is 17.4. The smallest absolute Gasteiger partial charge is 0.257 e. The number of rotatable bonds is 5. The molecular formula is C22H19N5O2. The summed E-state index contributed by atoms with van der Waals surface area (Å²) in [5.74, 6) is 1.34. The highest BCUT2D eigenvalue weighted by Gasteiger charge is 2.27. The van der Waals surface area contributed by atoms with E-state index in [1.165, 1.54) is 0 Å². The van der Waals surface area contributed by atoms with E-state index in [2.05, 4.69) is 20.5 Å². The highest BCUT2D eigenvalue weighted by atomic mass is 16.5. The monoisotopic (exact) mass is 385 g/mol. The Bertz CT molecular complexity index is 1200. The van der Waals surface area contributed by atoms with Gasteiger partial charge >= 0.3 is 0 Å². The van der Waals surface area contributed by atoms with Crippen molar-refractivity contribution in [2.45, 2.75) is 18.8 Å². The number of nitrogens with one attached hydrogen (secondary N) is 2. The number of methoxy groups -OCH3 is 1. The molecule has 1 amide bonds. The van der Waals surface area contributed by atoms with Crippen LogP contribution >= 0.6 is 0 Å². The summed E-state index contributed by atoms with van der Waals surface area (Å²) < 4.78 is 5.33. The topological polar surface area (TPSA) is 92.8 Å². The van der Waals surface area contributed by atoms with E-state index >= 15 is 0 Å². The molecule has 1 aliphatic rings. The Labute approximate surface area is 167 Å². The number of fused-ring (bicyclic) bond motifs is 1. The third-order valence-corrected chi connectivity index (χ3v) is 5.04. The number of H-pyrrole nitrogens is 1. The molecule has 5 rings (SSSR count). The molecule has 1 aromatic carbocycles. The van der Waals surface area contributed by atoms with Gasteiger partial charge in [0.2, 0.25) is 0 Å². The molecule has 144 valence electrons. The molecule has 3 aromatic heterocycles. The average molecular weight is 385 g/mol. The van der Waals surface area contributed by atoms with Crippen LogP contribution in [0, 0.1) is 0 Å². The van der Waals surface area contributed by atoms with Crippen LogP contribution in [0.25, 0.3) is 22.3 Å². The summed E-state index contributed by atoms with van der Waals surface area (Å²) in [6, 6.07) is 14.9. The van der Waals surface area contributed by atoms with Gasteiger partial charge in [0, 0.05) is 29.3 Å². The van der Waals surface area contributed by atoms with E-state index in [-0.39, 0.29) is 5.91 Å². The van der Waals surface area contributed by atoms with E-state index in [1.807, 2.05) is 42.5 Å². The zero-order valence-corrected chi connectivity index (χ0v) is 15.8. The van der Waals surface area contributed by atoms with Crippen molar-refractivity contribution in [3.8, 4) is 17.1 Å². The standard InChI is InChI=1S/C22H19N5O2/c1-29-14-7-8-17-15(10-14)16(11-19(24-17)13-5-6-13)22(28)25-21-12-20(26-27-21)18-4-2-3-9-23-18/h2-4,7-13H,5-6H2,1H3,(H2,25,26,27,28). The van der Waals surface area contributed by atoms with E-state index in [1.54, 1.807) is 19.4 Å². The Morgan fingerprint density at radius 3 is 2.83 bits per heavy atom. The zero-order valence-electron chi connectivity index (χ0n) is 15.8. The normalized spacial score (nSPS) is 13.4. The van der Waals surface area contributed by atoms with Crippen molar-refractivity contribution in [2.75, 3.05) is 12.4 Å². The number of aromatic amines is 1. The number of hydrogen-bond donors (Lipinski definition) is 2. The highest BCUT2D eigenvalue weighted by Crippen LogP contribution is 2.40. The maximum Gasteiger partial charge on any atom is 0.257 e. The molecule has 0 bridgehead atoms. The van der Waals surface area contributed by atoms with Gasteiger partial charge in [0.15, 0.2) is 5.82 Å². The molecule has 1 aliphatic carbocycles. The number of carbonyl (C=O) groups is 1. The lowest BCUT2D eigenvalue weighted by Crippen LogP contribution is -2.13. The molecule has 0 spiro atoms. The summed E-state index contributed by atoms with van der Waals surface area (Å²) in [6.45, 7) is 0. The molecule has 4 aromatic rings. The summed E-state index contributed by atoms with van der Waals surface area (Å²) in [7, 11) is 1.61. The molecule has 1 fully saturated rings. The fraction of sp³-hybridized carbons (Fsp3) is 0.182. The van der Waals surface area contributed by atoms with Gasteiger partial charge in [0.05, 0.1) is 29.6 Å². The van der Waals surface area contributed by atoms with E-state index in [0.717, 1.165) is 40.8 Å². The van der Waals surface area contributed by atoms with Crippen molar-refractivity contribution in [3.63, 3.8) is 0 Å². The van der Waals surface area contributed by atoms with Crippen molar-refractivity contribution in [2.24, 2.45) is 0 Å². The maximum absolute atomic E-state index is 13.1. The van der Waals surface area contributed by atoms with Crippen molar-refractivity contribution in [1.29, 1.82) is 0 Å². The van der Waals surface area contributed by atoms with Gasteiger partial charge in [-0.25, -0.2) is 0 Å². The lowest BCUT2D eigenvalue weighted by Gasteiger charge is -2.10. The van der Waals surface area contributed by atoms with Gasteiger partial charge in [-0.3, -0.25) is 19.9 Å². The number of ether oxygens (including phenoxy) is 1. The minimum atomic E-state index is -0.230. The molecular weight excluding hydrogens is 366 g/mol. The first-order valence-corrected chi connectivity index (χ1v) is 9.48. The predicted molar refractivity (Wildman–Crippen MR) is 110 cm³/mol. The van der Waals surface area contributed by atoms with Crippen LogP contribution in [0.3, 0.4) is 0 Å². The summed E-state index contributed by atoms with van der Waals surface area (Å²) in [5.41, 5.74) is 3.81. The molecule has 0 radical (unpaired) electrons. The number of benzene rings is 1. The molecule has 7 heteroatoms. The van der Waals surface area contributed by atoms with Gasteiger partial charge in [0.25, 0.3) is 5.91 Å². The van der Waals surface area contributed by atoms with Gasteiger partial charge in [-0.2, -0.15) is 5.10 Å². The molecule has 7 nitrogen and oxygen atoms in total. The lowest BCUT2D eigenvalue weighted by atomic mass is 10.0. The Morgan fingerprint density at radius 1 is 1.17 bits per heavy atom. The molecule has 2 N–H and O–H groups in total. The van der Waals surface area contributed by atoms with Crippen LogP contribution in [0.15, 0.2) is 54.7 Å². The van der Waals surface area contributed by atoms with Crippen molar-refractivity contribution in [3.05, 3.63) is 66.0 Å². The summed E-state index contributed by atoms with van der Waals surface area (Å²) in [6.07, 6.45) is 3.94. The molecule has 3 heterocycles. The van der Waals surface area contributed by atoms with Gasteiger partial charge in [0.1, 0.15) is 5.75 Å². The van der Waals surface area contributed by atoms with Crippen LogP contribution in [0.4, 0.5) is 5.82 Å². The number of amides is 1. The second-order valence-corrected chi connectivity index (χ2v) is 7.09. The van der Waals surface area contributed by atoms with Crippen LogP contribution < -0.4 is 10.1 Å². The van der Waals surface area contributed by atoms with Crippen LogP contribution in [-0.4, -0.2) is 33.2 Å². The first-order valence-electron chi connectivity index (χ1n) is 9.48. The third-order valence-electron chi connectivity index (χ3n) is 5.04. The van der Waals surface area contributed by atoms with E-state index in [4.69, 9.17) is 9.72 Å². The quantitative estimate of drug-likeness (QED) is 0.538. The van der Waals surface area contributed by atoms with Gasteiger partial charge < -0.3 is 10.1 Å². The van der Waals surface area contributed by atoms with Crippen molar-refractivity contribution in [1.82, 2.24) is 20.2 Å². The van der Waals surface area contributed by atoms with Crippen LogP contribution in [0.5, 0.6) is 5.75 Å². The second kappa shape index (κ2) is 7.01.